The Bertz CT molecular complexity index is 822. The molecule has 0 bridgehead atoms. The molecule has 0 amide bonds. The van der Waals surface area contributed by atoms with Crippen molar-refractivity contribution in [3.63, 3.8) is 0 Å². The first kappa shape index (κ1) is 16.7. The Morgan fingerprint density at radius 3 is 2.83 bits per heavy atom. The zero-order valence-electron chi connectivity index (χ0n) is 11.9. The number of ether oxygens (including phenoxy) is 1. The summed E-state index contributed by atoms with van der Waals surface area (Å²) in [6.45, 7) is -0.143. The highest BCUT2D eigenvalue weighted by Gasteiger charge is 2.27. The first-order valence-corrected chi connectivity index (χ1v) is 7.91. The van der Waals surface area contributed by atoms with Gasteiger partial charge >= 0.3 is 6.18 Å². The van der Waals surface area contributed by atoms with Crippen LogP contribution in [0.1, 0.15) is 11.4 Å². The summed E-state index contributed by atoms with van der Waals surface area (Å²) in [5.41, 5.74) is 0.580. The lowest BCUT2D eigenvalue weighted by Crippen LogP contribution is -2.13. The Hall–Kier alpha value is -2.14. The monoisotopic (exact) mass is 378 g/mol. The maximum atomic E-state index is 12.1. The van der Waals surface area contributed by atoms with Gasteiger partial charge in [-0.3, -0.25) is 0 Å². The molecule has 0 saturated heterocycles. The van der Waals surface area contributed by atoms with Crippen molar-refractivity contribution in [3.05, 3.63) is 21.9 Å². The molecule has 0 saturated carbocycles. The Kier molecular flexibility index (Phi) is 4.71. The molecular formula is C12H10ClF3N6OS. The van der Waals surface area contributed by atoms with Crippen molar-refractivity contribution >= 4 is 39.9 Å². The molecule has 2 N–H and O–H groups in total. The molecule has 0 atom stereocenters. The summed E-state index contributed by atoms with van der Waals surface area (Å²) < 4.78 is 41.4. The minimum atomic E-state index is -4.30. The molecule has 3 heterocycles. The maximum Gasteiger partial charge on any atom is 0.392 e. The van der Waals surface area contributed by atoms with Gasteiger partial charge in [-0.25, -0.2) is 4.98 Å². The molecule has 0 aliphatic heterocycles. The first-order chi connectivity index (χ1) is 11.4. The van der Waals surface area contributed by atoms with Crippen molar-refractivity contribution in [3.8, 4) is 6.01 Å². The number of rotatable bonds is 6. The molecule has 0 unspecified atom stereocenters. The van der Waals surface area contributed by atoms with Crippen LogP contribution in [-0.4, -0.2) is 37.7 Å². The molecule has 0 radical (unpaired) electrons. The largest absolute Gasteiger partial charge is 0.464 e. The molecule has 3 rings (SSSR count). The second-order valence-corrected chi connectivity index (χ2v) is 5.89. The topological polar surface area (TPSA) is 88.6 Å². The predicted octanol–water partition coefficient (Wildman–Crippen LogP) is 3.41. The summed E-state index contributed by atoms with van der Waals surface area (Å²) in [5, 5.41) is 5.65. The van der Waals surface area contributed by atoms with E-state index in [1.165, 1.54) is 11.3 Å². The third-order valence-electron chi connectivity index (χ3n) is 2.82. The first-order valence-electron chi connectivity index (χ1n) is 6.66. The van der Waals surface area contributed by atoms with E-state index in [1.807, 2.05) is 5.38 Å². The summed E-state index contributed by atoms with van der Waals surface area (Å²) in [6.07, 6.45) is -3.70. The second-order valence-electron chi connectivity index (χ2n) is 4.57. The lowest BCUT2D eigenvalue weighted by atomic mass is 10.4. The number of H-pyrrole nitrogens is 1. The SMILES string of the molecule is FC(F)(F)CCOc1nc2nc(Cl)nc(NCc3nccs3)c2[nH]1. The second kappa shape index (κ2) is 6.77. The fourth-order valence-corrected chi connectivity index (χ4v) is 2.53. The van der Waals surface area contributed by atoms with Crippen molar-refractivity contribution in [2.75, 3.05) is 11.9 Å². The van der Waals surface area contributed by atoms with Crippen LogP contribution in [0.5, 0.6) is 6.01 Å². The number of halogens is 4. The highest BCUT2D eigenvalue weighted by molar-refractivity contribution is 7.09. The van der Waals surface area contributed by atoms with Crippen LogP contribution >= 0.6 is 22.9 Å². The van der Waals surface area contributed by atoms with Crippen LogP contribution in [-0.2, 0) is 6.54 Å². The number of aromatic nitrogens is 5. The van der Waals surface area contributed by atoms with Gasteiger partial charge in [0.1, 0.15) is 17.1 Å². The molecule has 24 heavy (non-hydrogen) atoms. The van der Waals surface area contributed by atoms with E-state index < -0.39 is 19.2 Å². The number of hydrogen-bond donors (Lipinski definition) is 2. The summed E-state index contributed by atoms with van der Waals surface area (Å²) >= 11 is 7.30. The minimum absolute atomic E-state index is 0.0440. The zero-order chi connectivity index (χ0) is 17.2. The van der Waals surface area contributed by atoms with E-state index in [0.29, 0.717) is 17.9 Å². The Morgan fingerprint density at radius 1 is 1.29 bits per heavy atom. The lowest BCUT2D eigenvalue weighted by Gasteiger charge is -2.05. The van der Waals surface area contributed by atoms with Gasteiger partial charge in [-0.2, -0.15) is 28.1 Å². The fraction of sp³-hybridized carbons (Fsp3) is 0.333. The number of alkyl halides is 3. The van der Waals surface area contributed by atoms with Crippen LogP contribution in [0.25, 0.3) is 11.2 Å². The third kappa shape index (κ3) is 4.23. The molecule has 0 aliphatic carbocycles. The maximum absolute atomic E-state index is 12.1. The number of nitrogens with zero attached hydrogens (tertiary/aromatic N) is 4. The van der Waals surface area contributed by atoms with Crippen molar-refractivity contribution in [2.24, 2.45) is 0 Å². The summed E-state index contributed by atoms with van der Waals surface area (Å²) in [6, 6.07) is -0.0804. The number of imidazole rings is 1. The van der Waals surface area contributed by atoms with Crippen molar-refractivity contribution < 1.29 is 17.9 Å². The number of fused-ring (bicyclic) bond motifs is 1. The van der Waals surface area contributed by atoms with E-state index in [0.717, 1.165) is 5.01 Å². The van der Waals surface area contributed by atoms with Crippen LogP contribution in [0.15, 0.2) is 11.6 Å². The molecule has 0 fully saturated rings. The number of aromatic amines is 1. The van der Waals surface area contributed by atoms with Gasteiger partial charge in [0.2, 0.25) is 5.28 Å². The van der Waals surface area contributed by atoms with Gasteiger partial charge in [0.05, 0.1) is 13.0 Å². The number of hydrogen-bond acceptors (Lipinski definition) is 7. The molecule has 128 valence electrons. The van der Waals surface area contributed by atoms with Crippen LogP contribution in [0.4, 0.5) is 19.0 Å². The molecule has 0 spiro atoms. The average molecular weight is 379 g/mol. The number of thiazole rings is 1. The summed E-state index contributed by atoms with van der Waals surface area (Å²) in [5.74, 6) is 0.360. The smallest absolute Gasteiger partial charge is 0.392 e. The quantitative estimate of drug-likeness (QED) is 0.639. The van der Waals surface area contributed by atoms with Crippen LogP contribution < -0.4 is 10.1 Å². The lowest BCUT2D eigenvalue weighted by molar-refractivity contribution is -0.139. The summed E-state index contributed by atoms with van der Waals surface area (Å²) in [7, 11) is 0. The summed E-state index contributed by atoms with van der Waals surface area (Å²) in [4.78, 5) is 18.8. The van der Waals surface area contributed by atoms with Crippen molar-refractivity contribution in [1.82, 2.24) is 24.9 Å². The highest BCUT2D eigenvalue weighted by Crippen LogP contribution is 2.24. The molecule has 3 aromatic rings. The minimum Gasteiger partial charge on any atom is -0.464 e. The van der Waals surface area contributed by atoms with Crippen LogP contribution in [0.3, 0.4) is 0 Å². The van der Waals surface area contributed by atoms with Crippen LogP contribution in [0, 0.1) is 0 Å². The third-order valence-corrected chi connectivity index (χ3v) is 3.77. The van der Waals surface area contributed by atoms with Crippen LogP contribution in [0.2, 0.25) is 5.28 Å². The highest BCUT2D eigenvalue weighted by atomic mass is 35.5. The number of anilines is 1. The molecule has 12 heteroatoms. The molecule has 3 aromatic heterocycles. The fourth-order valence-electron chi connectivity index (χ4n) is 1.81. The van der Waals surface area contributed by atoms with Crippen molar-refractivity contribution in [1.29, 1.82) is 0 Å². The molecule has 0 aromatic carbocycles. The Labute approximate surface area is 142 Å². The van der Waals surface area contributed by atoms with Gasteiger partial charge in [-0.05, 0) is 11.6 Å². The average Bonchev–Trinajstić information content (AvgIpc) is 3.12. The standard InChI is InChI=1S/C12H10ClF3N6OS/c13-10-20-8(18-5-6-17-2-4-24-6)7-9(21-10)22-11(19-7)23-3-1-12(14,15)16/h2,4H,1,3,5H2,(H2,18,19,20,21,22). The van der Waals surface area contributed by atoms with E-state index >= 15 is 0 Å². The van der Waals surface area contributed by atoms with E-state index in [4.69, 9.17) is 16.3 Å². The van der Waals surface area contributed by atoms with E-state index in [-0.39, 0.29) is 16.9 Å². The van der Waals surface area contributed by atoms with Gasteiger partial charge in [0.15, 0.2) is 11.5 Å². The molecule has 0 aliphatic rings. The van der Waals surface area contributed by atoms with Gasteiger partial charge in [-0.1, -0.05) is 0 Å². The predicted molar refractivity (Wildman–Crippen MR) is 82.3 cm³/mol. The normalized spacial score (nSPS) is 11.8. The molecule has 7 nitrogen and oxygen atoms in total. The van der Waals surface area contributed by atoms with Gasteiger partial charge < -0.3 is 15.0 Å². The van der Waals surface area contributed by atoms with E-state index in [9.17, 15) is 13.2 Å². The van der Waals surface area contributed by atoms with E-state index in [2.05, 4.69) is 30.2 Å². The van der Waals surface area contributed by atoms with E-state index in [1.54, 1.807) is 6.20 Å². The molecular weight excluding hydrogens is 369 g/mol. The number of nitrogens with one attached hydrogen (secondary N) is 2. The Morgan fingerprint density at radius 2 is 2.12 bits per heavy atom. The van der Waals surface area contributed by atoms with Gasteiger partial charge in [0, 0.05) is 11.6 Å². The van der Waals surface area contributed by atoms with Crippen molar-refractivity contribution in [2.45, 2.75) is 19.1 Å². The van der Waals surface area contributed by atoms with Gasteiger partial charge in [-0.15, -0.1) is 11.3 Å². The van der Waals surface area contributed by atoms with Gasteiger partial charge in [0.25, 0.3) is 6.01 Å². The Balaban J connectivity index is 1.76. The zero-order valence-corrected chi connectivity index (χ0v) is 13.5.